The van der Waals surface area contributed by atoms with Crippen molar-refractivity contribution in [3.05, 3.63) is 35.9 Å². The quantitative estimate of drug-likeness (QED) is 0.0125. The summed E-state index contributed by atoms with van der Waals surface area (Å²) in [7, 11) is 0. The highest BCUT2D eigenvalue weighted by Crippen LogP contribution is 2.11. The van der Waals surface area contributed by atoms with E-state index < -0.39 is 127 Å². The lowest BCUT2D eigenvalue weighted by Crippen LogP contribution is -2.60. The van der Waals surface area contributed by atoms with Crippen LogP contribution in [0.15, 0.2) is 30.3 Å². The summed E-state index contributed by atoms with van der Waals surface area (Å²) in [5.74, 6) is -10.8. The first-order valence-electron chi connectivity index (χ1n) is 28.5. The number of nitrogens with one attached hydrogen (secondary N) is 17. The minimum Gasteiger partial charge on any atom is -0.480 e. The Morgan fingerprint density at radius 3 is 1.14 bits per heavy atom. The number of rotatable bonds is 44. The number of unbranched alkanes of at least 4 members (excludes halogenated alkanes) is 1. The molecule has 0 aliphatic heterocycles. The van der Waals surface area contributed by atoms with E-state index in [4.69, 9.17) is 56.0 Å². The van der Waals surface area contributed by atoms with E-state index in [1.807, 2.05) is 13.8 Å². The second-order valence-corrected chi connectivity index (χ2v) is 20.9. The Balaban J connectivity index is 3.61. The fourth-order valence-corrected chi connectivity index (χ4v) is 8.57. The first-order chi connectivity index (χ1) is 41.2. The SMILES string of the molecule is CC(C)C[C@H](NC(=O)[C@H](Cc1ccccc1)NC(=O)CN)C(=O)NCC(=O)N[C@@H](CCCCN)C(=O)N[C@@H](CCCNC(=N)N)C(=O)N[C@@H](CCCNC(=N)N)C(=O)N[C@@H](CCCNC(=N)N)C(=O)N[C@@H](CCCNC(=N)N)C(=O)N[C@@H](CS)C(=O)O. The molecule has 34 nitrogen and oxygen atoms in total. The van der Waals surface area contributed by atoms with Gasteiger partial charge in [0.2, 0.25) is 53.2 Å². The first kappa shape index (κ1) is 76.3. The zero-order chi connectivity index (χ0) is 65.4. The third kappa shape index (κ3) is 34.1. The lowest BCUT2D eigenvalue weighted by Gasteiger charge is -2.28. The van der Waals surface area contributed by atoms with Gasteiger partial charge in [0, 0.05) is 38.4 Å². The van der Waals surface area contributed by atoms with Crippen LogP contribution in [0.1, 0.15) is 96.5 Å². The average molecular weight is 1250 g/mol. The fraction of sp³-hybridized carbons (Fsp3) is 0.615. The number of carbonyl (C=O) groups excluding carboxylic acids is 9. The van der Waals surface area contributed by atoms with Crippen LogP contribution < -0.4 is 104 Å². The molecule has 0 spiro atoms. The number of carbonyl (C=O) groups is 10. The van der Waals surface area contributed by atoms with E-state index in [9.17, 15) is 53.1 Å². The predicted octanol–water partition coefficient (Wildman–Crippen LogP) is -6.58. The Bertz CT molecular complexity index is 2440. The number of guanidine groups is 4. The van der Waals surface area contributed by atoms with Crippen LogP contribution in [-0.4, -0.2) is 188 Å². The van der Waals surface area contributed by atoms with Crippen molar-refractivity contribution in [1.29, 1.82) is 21.6 Å². The van der Waals surface area contributed by atoms with Gasteiger partial charge in [0.15, 0.2) is 23.8 Å². The topological polar surface area (TPSA) is 599 Å². The number of amides is 9. The highest BCUT2D eigenvalue weighted by molar-refractivity contribution is 7.80. The van der Waals surface area contributed by atoms with Crippen LogP contribution in [0.25, 0.3) is 0 Å². The van der Waals surface area contributed by atoms with E-state index in [0.29, 0.717) is 12.8 Å². The molecule has 1 aromatic rings. The molecular formula is C52H93N23O11S. The molecule has 0 aromatic heterocycles. The van der Waals surface area contributed by atoms with E-state index in [1.165, 1.54) is 0 Å². The molecule has 0 bridgehead atoms. The molecule has 30 N–H and O–H groups in total. The standard InChI is InChI=1S/C52H93N23O11S/c1-29(2)24-36(74-47(84)37(69-39(76)26-54)25-30-12-4-3-5-13-30)41(78)67-27-40(77)68-31(14-6-7-19-53)42(79)70-32(15-8-20-63-49(55)56)43(80)71-33(16-9-21-64-50(57)58)44(81)72-34(17-10-22-65-51(59)60)45(82)73-35(18-11-23-66-52(61)62)46(83)75-38(28-87)48(85)86/h3-5,12-13,29,31-38,87H,6-11,14-28,53-54H2,1-2H3,(H,67,78)(H,68,77)(H,69,76)(H,70,79)(H,71,80)(H,72,81)(H,73,82)(H,74,84)(H,75,83)(H,85,86)(H4,55,56,63)(H4,57,58,64)(H4,59,60,65)(H4,61,62,66)/t31-,32-,33-,34-,35-,36-,37-,38-/m0/s1. The second kappa shape index (κ2) is 43.0. The van der Waals surface area contributed by atoms with E-state index in [1.54, 1.807) is 30.3 Å². The molecule has 0 aliphatic carbocycles. The van der Waals surface area contributed by atoms with Crippen LogP contribution in [0, 0.1) is 27.6 Å². The first-order valence-corrected chi connectivity index (χ1v) is 29.1. The van der Waals surface area contributed by atoms with Crippen LogP contribution in [0.2, 0.25) is 0 Å². The summed E-state index contributed by atoms with van der Waals surface area (Å²) in [4.78, 5) is 136. The average Bonchev–Trinajstić information content (AvgIpc) is 3.61. The predicted molar refractivity (Wildman–Crippen MR) is 328 cm³/mol. The maximum Gasteiger partial charge on any atom is 0.327 e. The van der Waals surface area contributed by atoms with E-state index >= 15 is 0 Å². The van der Waals surface area contributed by atoms with Crippen molar-refractivity contribution < 1.29 is 53.1 Å². The highest BCUT2D eigenvalue weighted by Gasteiger charge is 2.34. The van der Waals surface area contributed by atoms with Crippen molar-refractivity contribution in [2.75, 3.05) is 51.6 Å². The monoisotopic (exact) mass is 1250 g/mol. The number of aliphatic carboxylic acids is 1. The fourth-order valence-electron chi connectivity index (χ4n) is 8.32. The Morgan fingerprint density at radius 1 is 0.448 bits per heavy atom. The van der Waals surface area contributed by atoms with Gasteiger partial charge in [0.25, 0.3) is 0 Å². The van der Waals surface area contributed by atoms with Crippen LogP contribution in [0.5, 0.6) is 0 Å². The molecule has 488 valence electrons. The Kier molecular flexibility index (Phi) is 37.7. The molecule has 8 atom stereocenters. The van der Waals surface area contributed by atoms with Gasteiger partial charge >= 0.3 is 5.97 Å². The summed E-state index contributed by atoms with van der Waals surface area (Å²) >= 11 is 3.99. The van der Waals surface area contributed by atoms with E-state index in [0.717, 1.165) is 5.56 Å². The number of thiol groups is 1. The Morgan fingerprint density at radius 2 is 0.793 bits per heavy atom. The second-order valence-electron chi connectivity index (χ2n) is 20.6. The molecule has 1 aromatic carbocycles. The molecule has 0 unspecified atom stereocenters. The third-order valence-corrected chi connectivity index (χ3v) is 13.1. The molecule has 0 saturated carbocycles. The molecule has 0 saturated heterocycles. The number of benzene rings is 1. The van der Waals surface area contributed by atoms with Gasteiger partial charge in [-0.05, 0) is 95.1 Å². The molecule has 0 radical (unpaired) electrons. The normalized spacial score (nSPS) is 13.5. The van der Waals surface area contributed by atoms with Gasteiger partial charge in [0.1, 0.15) is 48.3 Å². The van der Waals surface area contributed by atoms with Gasteiger partial charge in [-0.3, -0.25) is 64.8 Å². The maximum absolute atomic E-state index is 14.5. The molecular weight excluding hydrogens is 1150 g/mol. The summed E-state index contributed by atoms with van der Waals surface area (Å²) < 4.78 is 0. The van der Waals surface area contributed by atoms with Crippen molar-refractivity contribution in [2.24, 2.45) is 40.3 Å². The summed E-state index contributed by atoms with van der Waals surface area (Å²) in [5, 5.41) is 73.3. The minimum atomic E-state index is -1.48. The van der Waals surface area contributed by atoms with Gasteiger partial charge < -0.3 is 109 Å². The molecule has 87 heavy (non-hydrogen) atoms. The van der Waals surface area contributed by atoms with Crippen molar-refractivity contribution in [3.63, 3.8) is 0 Å². The van der Waals surface area contributed by atoms with Gasteiger partial charge in [-0.15, -0.1) is 0 Å². The van der Waals surface area contributed by atoms with Gasteiger partial charge in [-0.25, -0.2) is 4.79 Å². The summed E-state index contributed by atoms with van der Waals surface area (Å²) in [6.45, 7) is 2.99. The number of hydrogen-bond acceptors (Lipinski definition) is 17. The van der Waals surface area contributed by atoms with E-state index in [2.05, 4.69) is 81.7 Å². The van der Waals surface area contributed by atoms with Gasteiger partial charge in [-0.2, -0.15) is 12.6 Å². The molecule has 0 fully saturated rings. The van der Waals surface area contributed by atoms with Crippen molar-refractivity contribution in [3.8, 4) is 0 Å². The smallest absolute Gasteiger partial charge is 0.327 e. The number of nitrogens with two attached hydrogens (primary N) is 6. The molecule has 35 heteroatoms. The van der Waals surface area contributed by atoms with Gasteiger partial charge in [0.05, 0.1) is 13.1 Å². The molecule has 9 amide bonds. The van der Waals surface area contributed by atoms with Crippen molar-refractivity contribution in [1.82, 2.24) is 69.1 Å². The lowest BCUT2D eigenvalue weighted by atomic mass is 10.0. The van der Waals surface area contributed by atoms with Crippen molar-refractivity contribution >= 4 is 95.6 Å². The summed E-state index contributed by atoms with van der Waals surface area (Å²) in [6.07, 6.45) is 0.797. The van der Waals surface area contributed by atoms with Gasteiger partial charge in [-0.1, -0.05) is 44.2 Å². The van der Waals surface area contributed by atoms with Crippen LogP contribution in [0.4, 0.5) is 0 Å². The number of hydrogen-bond donors (Lipinski definition) is 25. The molecule has 0 heterocycles. The lowest BCUT2D eigenvalue weighted by molar-refractivity contribution is -0.141. The van der Waals surface area contributed by atoms with Crippen LogP contribution in [-0.2, 0) is 54.4 Å². The molecule has 1 rings (SSSR count). The minimum absolute atomic E-state index is 0.000966. The highest BCUT2D eigenvalue weighted by atomic mass is 32.1. The number of carboxylic acid groups (broad SMARTS) is 1. The summed E-state index contributed by atoms with van der Waals surface area (Å²) in [5.41, 5.74) is 33.8. The Hall–Kier alpha value is -8.73. The maximum atomic E-state index is 14.5. The molecule has 0 aliphatic rings. The zero-order valence-electron chi connectivity index (χ0n) is 49.4. The van der Waals surface area contributed by atoms with Crippen LogP contribution in [0.3, 0.4) is 0 Å². The van der Waals surface area contributed by atoms with Crippen LogP contribution >= 0.6 is 12.6 Å². The Labute approximate surface area is 511 Å². The van der Waals surface area contributed by atoms with Crippen molar-refractivity contribution in [2.45, 2.75) is 146 Å². The largest absolute Gasteiger partial charge is 0.480 e. The third-order valence-electron chi connectivity index (χ3n) is 12.8. The number of carboxylic acids is 1. The summed E-state index contributed by atoms with van der Waals surface area (Å²) in [6, 6.07) is -2.03. The zero-order valence-corrected chi connectivity index (χ0v) is 50.3. The van der Waals surface area contributed by atoms with E-state index in [-0.39, 0.29) is 133 Å².